The third kappa shape index (κ3) is 4.83. The molecule has 0 saturated carbocycles. The SMILES string of the molecule is COc1ccc(/C=N\NC(=O)c2nnn(-c3nonc3N)c2CN2CCCCC2C)cc1OC. The molecule has 3 N–H and O–H groups in total. The summed E-state index contributed by atoms with van der Waals surface area (Å²) < 4.78 is 16.6. The Labute approximate surface area is 195 Å². The van der Waals surface area contributed by atoms with Crippen LogP contribution in [0.3, 0.4) is 0 Å². The van der Waals surface area contributed by atoms with E-state index in [1.807, 2.05) is 0 Å². The van der Waals surface area contributed by atoms with Gasteiger partial charge in [0.25, 0.3) is 5.91 Å². The van der Waals surface area contributed by atoms with Gasteiger partial charge >= 0.3 is 0 Å². The van der Waals surface area contributed by atoms with E-state index in [9.17, 15) is 4.79 Å². The number of benzene rings is 1. The second-order valence-electron chi connectivity index (χ2n) is 7.90. The monoisotopic (exact) mass is 469 g/mol. The maximum Gasteiger partial charge on any atom is 0.293 e. The predicted molar refractivity (Wildman–Crippen MR) is 122 cm³/mol. The lowest BCUT2D eigenvalue weighted by molar-refractivity contribution is 0.0945. The number of amides is 1. The molecule has 1 aliphatic rings. The van der Waals surface area contributed by atoms with Gasteiger partial charge in [0.15, 0.2) is 17.2 Å². The molecule has 2 aromatic heterocycles. The molecule has 1 atom stereocenters. The van der Waals surface area contributed by atoms with Gasteiger partial charge in [-0.2, -0.15) is 9.78 Å². The van der Waals surface area contributed by atoms with Crippen LogP contribution in [0, 0.1) is 0 Å². The molecule has 0 bridgehead atoms. The largest absolute Gasteiger partial charge is 0.493 e. The Morgan fingerprint density at radius 3 is 2.82 bits per heavy atom. The van der Waals surface area contributed by atoms with Crippen LogP contribution in [0.4, 0.5) is 5.82 Å². The number of aromatic nitrogens is 5. The molecule has 3 aromatic rings. The number of rotatable bonds is 8. The average molecular weight is 470 g/mol. The van der Waals surface area contributed by atoms with Gasteiger partial charge in [0.05, 0.1) is 26.1 Å². The second kappa shape index (κ2) is 10.3. The Hall–Kier alpha value is -4.00. The number of hydrogen-bond acceptors (Lipinski definition) is 11. The standard InChI is InChI=1S/C21H27N9O4/c1-13-6-4-5-9-29(13)12-15-18(24-28-30(15)20-19(22)26-34-27-20)21(31)25-23-11-14-7-8-16(32-2)17(10-14)33-3/h7-8,10-11,13H,4-6,9,12H2,1-3H3,(H2,22,26)(H,25,31)/b23-11-. The number of carbonyl (C=O) groups excluding carboxylic acids is 1. The Bertz CT molecular complexity index is 1170. The molecule has 3 heterocycles. The van der Waals surface area contributed by atoms with Gasteiger partial charge in [0.2, 0.25) is 11.6 Å². The van der Waals surface area contributed by atoms with E-state index < -0.39 is 5.91 Å². The predicted octanol–water partition coefficient (Wildman–Crippen LogP) is 1.39. The zero-order valence-electron chi connectivity index (χ0n) is 19.3. The first-order valence-electron chi connectivity index (χ1n) is 10.8. The van der Waals surface area contributed by atoms with E-state index in [-0.39, 0.29) is 17.3 Å². The zero-order chi connectivity index (χ0) is 24.1. The van der Waals surface area contributed by atoms with Gasteiger partial charge in [0.1, 0.15) is 0 Å². The van der Waals surface area contributed by atoms with Crippen LogP contribution in [-0.4, -0.2) is 69.1 Å². The number of piperidine rings is 1. The number of anilines is 1. The van der Waals surface area contributed by atoms with Crippen LogP contribution in [0.5, 0.6) is 11.5 Å². The van der Waals surface area contributed by atoms with Gasteiger partial charge in [-0.25, -0.2) is 10.1 Å². The first-order chi connectivity index (χ1) is 16.5. The number of methoxy groups -OCH3 is 2. The van der Waals surface area contributed by atoms with Crippen molar-refractivity contribution in [3.05, 3.63) is 35.2 Å². The Kier molecular flexibility index (Phi) is 7.01. The molecule has 13 nitrogen and oxygen atoms in total. The number of hydrazone groups is 1. The highest BCUT2D eigenvalue weighted by molar-refractivity contribution is 5.94. The summed E-state index contributed by atoms with van der Waals surface area (Å²) in [4.78, 5) is 15.2. The first kappa shape index (κ1) is 23.2. The van der Waals surface area contributed by atoms with Crippen molar-refractivity contribution in [1.82, 2.24) is 35.6 Å². The van der Waals surface area contributed by atoms with Crippen molar-refractivity contribution in [1.29, 1.82) is 0 Å². The van der Waals surface area contributed by atoms with Crippen molar-refractivity contribution in [2.24, 2.45) is 5.10 Å². The highest BCUT2D eigenvalue weighted by Gasteiger charge is 2.28. The fraction of sp³-hybridized carbons (Fsp3) is 0.429. The van der Waals surface area contributed by atoms with Gasteiger partial charge in [-0.05, 0) is 60.4 Å². The second-order valence-corrected chi connectivity index (χ2v) is 7.90. The number of likely N-dealkylation sites (tertiary alicyclic amines) is 1. The molecule has 34 heavy (non-hydrogen) atoms. The molecule has 1 saturated heterocycles. The molecule has 1 unspecified atom stereocenters. The third-order valence-corrected chi connectivity index (χ3v) is 5.76. The summed E-state index contributed by atoms with van der Waals surface area (Å²) in [6, 6.07) is 5.64. The van der Waals surface area contributed by atoms with E-state index in [2.05, 4.69) is 43.0 Å². The Morgan fingerprint density at radius 1 is 1.29 bits per heavy atom. The molecule has 1 amide bonds. The summed E-state index contributed by atoms with van der Waals surface area (Å²) in [5, 5.41) is 19.6. The van der Waals surface area contributed by atoms with E-state index in [1.54, 1.807) is 32.4 Å². The lowest BCUT2D eigenvalue weighted by Crippen LogP contribution is -2.38. The lowest BCUT2D eigenvalue weighted by atomic mass is 10.0. The number of nitrogens with two attached hydrogens (primary N) is 1. The molecule has 0 aliphatic carbocycles. The first-order valence-corrected chi connectivity index (χ1v) is 10.8. The van der Waals surface area contributed by atoms with Crippen LogP contribution in [0.1, 0.15) is 47.9 Å². The number of nitrogen functional groups attached to an aromatic ring is 1. The molecule has 13 heteroatoms. The van der Waals surface area contributed by atoms with E-state index in [0.29, 0.717) is 35.3 Å². The van der Waals surface area contributed by atoms with Crippen molar-refractivity contribution in [2.45, 2.75) is 38.8 Å². The topological polar surface area (TPSA) is 159 Å². The van der Waals surface area contributed by atoms with Gasteiger partial charge in [-0.1, -0.05) is 11.6 Å². The highest BCUT2D eigenvalue weighted by Crippen LogP contribution is 2.27. The van der Waals surface area contributed by atoms with Crippen LogP contribution in [0.2, 0.25) is 0 Å². The van der Waals surface area contributed by atoms with Crippen LogP contribution < -0.4 is 20.6 Å². The van der Waals surface area contributed by atoms with Crippen molar-refractivity contribution in [3.8, 4) is 17.3 Å². The quantitative estimate of drug-likeness (QED) is 0.364. The zero-order valence-corrected chi connectivity index (χ0v) is 19.3. The molecular formula is C21H27N9O4. The third-order valence-electron chi connectivity index (χ3n) is 5.76. The molecule has 1 aromatic carbocycles. The number of ether oxygens (including phenoxy) is 2. The van der Waals surface area contributed by atoms with E-state index >= 15 is 0 Å². The summed E-state index contributed by atoms with van der Waals surface area (Å²) in [6.07, 6.45) is 4.83. The van der Waals surface area contributed by atoms with Crippen molar-refractivity contribution < 1.29 is 18.9 Å². The maximum absolute atomic E-state index is 13.0. The van der Waals surface area contributed by atoms with E-state index in [0.717, 1.165) is 19.4 Å². The molecule has 1 fully saturated rings. The highest BCUT2D eigenvalue weighted by atomic mass is 16.6. The summed E-state index contributed by atoms with van der Waals surface area (Å²) in [6.45, 7) is 3.49. The number of nitrogens with zero attached hydrogens (tertiary/aromatic N) is 7. The van der Waals surface area contributed by atoms with Crippen molar-refractivity contribution >= 4 is 17.9 Å². The molecular weight excluding hydrogens is 442 g/mol. The van der Waals surface area contributed by atoms with Gasteiger partial charge in [-0.15, -0.1) is 5.10 Å². The summed E-state index contributed by atoms with van der Waals surface area (Å²) in [7, 11) is 3.11. The van der Waals surface area contributed by atoms with Crippen molar-refractivity contribution in [3.63, 3.8) is 0 Å². The smallest absolute Gasteiger partial charge is 0.293 e. The molecule has 0 radical (unpaired) electrons. The Balaban J connectivity index is 1.56. The van der Waals surface area contributed by atoms with Crippen LogP contribution >= 0.6 is 0 Å². The molecule has 4 rings (SSSR count). The molecule has 0 spiro atoms. The fourth-order valence-corrected chi connectivity index (χ4v) is 3.86. The summed E-state index contributed by atoms with van der Waals surface area (Å²) in [5.74, 6) is 0.866. The fourth-order valence-electron chi connectivity index (χ4n) is 3.86. The molecule has 1 aliphatic heterocycles. The number of carbonyl (C=O) groups is 1. The van der Waals surface area contributed by atoms with E-state index in [1.165, 1.54) is 17.3 Å². The van der Waals surface area contributed by atoms with E-state index in [4.69, 9.17) is 19.8 Å². The minimum Gasteiger partial charge on any atom is -0.493 e. The van der Waals surface area contributed by atoms with Gasteiger partial charge in [-0.3, -0.25) is 9.69 Å². The van der Waals surface area contributed by atoms with Gasteiger partial charge in [0, 0.05) is 12.6 Å². The summed E-state index contributed by atoms with van der Waals surface area (Å²) >= 11 is 0. The van der Waals surface area contributed by atoms with Gasteiger partial charge < -0.3 is 15.2 Å². The lowest BCUT2D eigenvalue weighted by Gasteiger charge is -2.33. The average Bonchev–Trinajstić information content (AvgIpc) is 3.45. The van der Waals surface area contributed by atoms with Crippen LogP contribution in [0.15, 0.2) is 27.9 Å². The number of nitrogens with one attached hydrogen (secondary N) is 1. The normalized spacial score (nSPS) is 16.6. The Morgan fingerprint density at radius 2 is 2.12 bits per heavy atom. The van der Waals surface area contributed by atoms with Crippen LogP contribution in [0.25, 0.3) is 5.82 Å². The van der Waals surface area contributed by atoms with Crippen molar-refractivity contribution in [2.75, 3.05) is 26.5 Å². The minimum absolute atomic E-state index is 0.0521. The molecule has 180 valence electrons. The van der Waals surface area contributed by atoms with Crippen LogP contribution in [-0.2, 0) is 6.54 Å². The minimum atomic E-state index is -0.516. The maximum atomic E-state index is 13.0. The number of hydrogen-bond donors (Lipinski definition) is 2. The summed E-state index contributed by atoms with van der Waals surface area (Å²) in [5.41, 5.74) is 9.72.